The van der Waals surface area contributed by atoms with Crippen LogP contribution in [0.15, 0.2) is 12.4 Å². The molecule has 1 aromatic heterocycles. The summed E-state index contributed by atoms with van der Waals surface area (Å²) >= 11 is 0. The zero-order valence-corrected chi connectivity index (χ0v) is 8.16. The van der Waals surface area contributed by atoms with E-state index in [4.69, 9.17) is 0 Å². The molecule has 1 aliphatic heterocycles. The Morgan fingerprint density at radius 3 is 3.21 bits per heavy atom. The minimum Gasteiger partial charge on any atom is -0.333 e. The third-order valence-corrected chi connectivity index (χ3v) is 2.51. The van der Waals surface area contributed by atoms with Crippen LogP contribution in [0.1, 0.15) is 17.3 Å². The van der Waals surface area contributed by atoms with E-state index in [1.54, 1.807) is 12.4 Å². The Bertz CT molecular complexity index is 309. The van der Waals surface area contributed by atoms with E-state index >= 15 is 0 Å². The predicted molar refractivity (Wildman–Crippen MR) is 52.0 cm³/mol. The maximum absolute atomic E-state index is 11.9. The molecule has 0 radical (unpaired) electrons. The van der Waals surface area contributed by atoms with Crippen LogP contribution in [0.5, 0.6) is 0 Å². The lowest BCUT2D eigenvalue weighted by atomic mass is 10.2. The molecular formula is C9H14N4O. The van der Waals surface area contributed by atoms with Gasteiger partial charge in [0.15, 0.2) is 0 Å². The molecule has 0 bridgehead atoms. The van der Waals surface area contributed by atoms with E-state index in [1.165, 1.54) is 0 Å². The summed E-state index contributed by atoms with van der Waals surface area (Å²) in [7, 11) is 0. The first-order chi connectivity index (χ1) is 6.79. The van der Waals surface area contributed by atoms with Gasteiger partial charge < -0.3 is 10.2 Å². The van der Waals surface area contributed by atoms with Gasteiger partial charge in [-0.05, 0) is 6.92 Å². The molecule has 1 fully saturated rings. The van der Waals surface area contributed by atoms with Crippen LogP contribution in [0.2, 0.25) is 0 Å². The van der Waals surface area contributed by atoms with Gasteiger partial charge in [0.2, 0.25) is 0 Å². The Kier molecular flexibility index (Phi) is 2.49. The molecule has 2 N–H and O–H groups in total. The number of nitrogens with zero attached hydrogens (tertiary/aromatic N) is 2. The highest BCUT2D eigenvalue weighted by molar-refractivity contribution is 5.93. The van der Waals surface area contributed by atoms with Gasteiger partial charge in [-0.25, -0.2) is 0 Å². The zero-order valence-electron chi connectivity index (χ0n) is 8.16. The summed E-state index contributed by atoms with van der Waals surface area (Å²) in [5.41, 5.74) is 0.638. The molecule has 5 nitrogen and oxygen atoms in total. The molecule has 2 heterocycles. The number of carbonyl (C=O) groups is 1. The summed E-state index contributed by atoms with van der Waals surface area (Å²) in [6.45, 7) is 4.55. The Balaban J connectivity index is 2.10. The fourth-order valence-corrected chi connectivity index (χ4v) is 1.68. The number of hydrogen-bond acceptors (Lipinski definition) is 3. The SMILES string of the molecule is CC1CNCCN1C(=O)c1cn[nH]c1. The largest absolute Gasteiger partial charge is 0.333 e. The number of aromatic amines is 1. The van der Waals surface area contributed by atoms with E-state index in [9.17, 15) is 4.79 Å². The molecule has 5 heteroatoms. The van der Waals surface area contributed by atoms with Crippen molar-refractivity contribution in [3.63, 3.8) is 0 Å². The van der Waals surface area contributed by atoms with Crippen LogP contribution in [0.25, 0.3) is 0 Å². The lowest BCUT2D eigenvalue weighted by molar-refractivity contribution is 0.0656. The molecule has 76 valence electrons. The summed E-state index contributed by atoms with van der Waals surface area (Å²) in [6, 6.07) is 0.256. The Hall–Kier alpha value is -1.36. The van der Waals surface area contributed by atoms with Gasteiger partial charge in [0.05, 0.1) is 11.8 Å². The Labute approximate surface area is 82.5 Å². The molecule has 1 atom stereocenters. The summed E-state index contributed by atoms with van der Waals surface area (Å²) < 4.78 is 0. The van der Waals surface area contributed by atoms with E-state index in [2.05, 4.69) is 15.5 Å². The number of nitrogens with one attached hydrogen (secondary N) is 2. The Morgan fingerprint density at radius 2 is 2.57 bits per heavy atom. The first kappa shape index (κ1) is 9.21. The average Bonchev–Trinajstić information content (AvgIpc) is 2.70. The minimum atomic E-state index is 0.0627. The number of amides is 1. The standard InChI is InChI=1S/C9H14N4O/c1-7-4-10-2-3-13(7)9(14)8-5-11-12-6-8/h5-7,10H,2-4H2,1H3,(H,11,12). The first-order valence-electron chi connectivity index (χ1n) is 4.79. The van der Waals surface area contributed by atoms with Gasteiger partial charge in [-0.3, -0.25) is 9.89 Å². The van der Waals surface area contributed by atoms with Gasteiger partial charge >= 0.3 is 0 Å². The molecule has 0 spiro atoms. The molecule has 1 amide bonds. The Morgan fingerprint density at radius 1 is 1.71 bits per heavy atom. The number of aromatic nitrogens is 2. The normalized spacial score (nSPS) is 22.4. The molecule has 0 saturated carbocycles. The summed E-state index contributed by atoms with van der Waals surface area (Å²) in [5, 5.41) is 9.67. The number of carbonyl (C=O) groups excluding carboxylic acids is 1. The molecule has 0 aromatic carbocycles. The van der Waals surface area contributed by atoms with Crippen molar-refractivity contribution in [2.75, 3.05) is 19.6 Å². The zero-order chi connectivity index (χ0) is 9.97. The van der Waals surface area contributed by atoms with Crippen molar-refractivity contribution in [1.29, 1.82) is 0 Å². The molecule has 0 aliphatic carbocycles. The summed E-state index contributed by atoms with van der Waals surface area (Å²) in [6.07, 6.45) is 3.20. The molecular weight excluding hydrogens is 180 g/mol. The van der Waals surface area contributed by atoms with Crippen LogP contribution in [-0.2, 0) is 0 Å². The summed E-state index contributed by atoms with van der Waals surface area (Å²) in [5.74, 6) is 0.0627. The van der Waals surface area contributed by atoms with Gasteiger partial charge in [0.25, 0.3) is 5.91 Å². The van der Waals surface area contributed by atoms with Gasteiger partial charge in [0, 0.05) is 31.9 Å². The average molecular weight is 194 g/mol. The van der Waals surface area contributed by atoms with Crippen molar-refractivity contribution in [3.8, 4) is 0 Å². The lowest BCUT2D eigenvalue weighted by Gasteiger charge is -2.33. The van der Waals surface area contributed by atoms with Gasteiger partial charge in [-0.15, -0.1) is 0 Å². The van der Waals surface area contributed by atoms with Crippen molar-refractivity contribution in [1.82, 2.24) is 20.4 Å². The van der Waals surface area contributed by atoms with E-state index in [0.29, 0.717) is 5.56 Å². The first-order valence-corrected chi connectivity index (χ1v) is 4.79. The number of hydrogen-bond donors (Lipinski definition) is 2. The topological polar surface area (TPSA) is 61.0 Å². The molecule has 2 rings (SSSR count). The monoisotopic (exact) mass is 194 g/mol. The fraction of sp³-hybridized carbons (Fsp3) is 0.556. The van der Waals surface area contributed by atoms with Gasteiger partial charge in [-0.2, -0.15) is 5.10 Å². The highest BCUT2D eigenvalue weighted by atomic mass is 16.2. The molecule has 1 unspecified atom stereocenters. The second kappa shape index (κ2) is 3.79. The molecule has 1 saturated heterocycles. The molecule has 14 heavy (non-hydrogen) atoms. The van der Waals surface area contributed by atoms with Crippen LogP contribution in [0, 0.1) is 0 Å². The van der Waals surface area contributed by atoms with Crippen molar-refractivity contribution >= 4 is 5.91 Å². The highest BCUT2D eigenvalue weighted by Crippen LogP contribution is 2.08. The number of H-pyrrole nitrogens is 1. The molecule has 1 aromatic rings. The quantitative estimate of drug-likeness (QED) is 0.653. The van der Waals surface area contributed by atoms with E-state index < -0.39 is 0 Å². The third-order valence-electron chi connectivity index (χ3n) is 2.51. The van der Waals surface area contributed by atoms with Crippen LogP contribution in [0.4, 0.5) is 0 Å². The van der Waals surface area contributed by atoms with Crippen LogP contribution in [0.3, 0.4) is 0 Å². The second-order valence-corrected chi connectivity index (χ2v) is 3.54. The third kappa shape index (κ3) is 1.63. The second-order valence-electron chi connectivity index (χ2n) is 3.54. The van der Waals surface area contributed by atoms with Crippen LogP contribution >= 0.6 is 0 Å². The van der Waals surface area contributed by atoms with E-state index in [0.717, 1.165) is 19.6 Å². The van der Waals surface area contributed by atoms with E-state index in [1.807, 2.05) is 11.8 Å². The van der Waals surface area contributed by atoms with Crippen molar-refractivity contribution in [2.24, 2.45) is 0 Å². The smallest absolute Gasteiger partial charge is 0.257 e. The van der Waals surface area contributed by atoms with Gasteiger partial charge in [-0.1, -0.05) is 0 Å². The summed E-state index contributed by atoms with van der Waals surface area (Å²) in [4.78, 5) is 13.8. The van der Waals surface area contributed by atoms with Crippen LogP contribution < -0.4 is 5.32 Å². The predicted octanol–water partition coefficient (Wildman–Crippen LogP) is -0.156. The maximum atomic E-state index is 11.9. The van der Waals surface area contributed by atoms with Crippen molar-refractivity contribution in [3.05, 3.63) is 18.0 Å². The number of rotatable bonds is 1. The van der Waals surface area contributed by atoms with Crippen molar-refractivity contribution in [2.45, 2.75) is 13.0 Å². The minimum absolute atomic E-state index is 0.0627. The van der Waals surface area contributed by atoms with Gasteiger partial charge in [0.1, 0.15) is 0 Å². The van der Waals surface area contributed by atoms with Crippen LogP contribution in [-0.4, -0.2) is 46.7 Å². The number of piperazine rings is 1. The maximum Gasteiger partial charge on any atom is 0.257 e. The van der Waals surface area contributed by atoms with E-state index in [-0.39, 0.29) is 11.9 Å². The fourth-order valence-electron chi connectivity index (χ4n) is 1.68. The van der Waals surface area contributed by atoms with Crippen molar-refractivity contribution < 1.29 is 4.79 Å². The highest BCUT2D eigenvalue weighted by Gasteiger charge is 2.24. The molecule has 1 aliphatic rings. The lowest BCUT2D eigenvalue weighted by Crippen LogP contribution is -2.52.